The van der Waals surface area contributed by atoms with Gasteiger partial charge in [-0.2, -0.15) is 0 Å². The summed E-state index contributed by atoms with van der Waals surface area (Å²) in [4.78, 5) is 0. The molecule has 2 aromatic rings. The second-order valence-electron chi connectivity index (χ2n) is 4.53. The Labute approximate surface area is 122 Å². The summed E-state index contributed by atoms with van der Waals surface area (Å²) < 4.78 is 13.3. The number of hydrogen-bond donors (Lipinski definition) is 1. The smallest absolute Gasteiger partial charge is 0.125 e. The van der Waals surface area contributed by atoms with Crippen LogP contribution in [0.3, 0.4) is 0 Å². The molecular formula is C15H14Cl2FN. The summed E-state index contributed by atoms with van der Waals surface area (Å²) in [6.45, 7) is 3.81. The fraction of sp³-hybridized carbons (Fsp3) is 0.200. The van der Waals surface area contributed by atoms with Gasteiger partial charge in [0.1, 0.15) is 5.82 Å². The van der Waals surface area contributed by atoms with Crippen LogP contribution in [0.2, 0.25) is 10.0 Å². The molecular weight excluding hydrogens is 284 g/mol. The Hall–Kier alpha value is -1.25. The molecule has 0 radical (unpaired) electrons. The lowest BCUT2D eigenvalue weighted by molar-refractivity contribution is 0.626. The van der Waals surface area contributed by atoms with E-state index in [9.17, 15) is 4.39 Å². The third-order valence-electron chi connectivity index (χ3n) is 2.87. The molecule has 1 N–H and O–H groups in total. The summed E-state index contributed by atoms with van der Waals surface area (Å²) >= 11 is 12.2. The van der Waals surface area contributed by atoms with Gasteiger partial charge in [0.05, 0.1) is 16.1 Å². The number of benzene rings is 2. The van der Waals surface area contributed by atoms with E-state index < -0.39 is 0 Å². The first kappa shape index (κ1) is 14.2. The Balaban J connectivity index is 2.25. The summed E-state index contributed by atoms with van der Waals surface area (Å²) in [5.41, 5.74) is 2.48. The monoisotopic (exact) mass is 297 g/mol. The molecule has 100 valence electrons. The van der Waals surface area contributed by atoms with E-state index in [2.05, 4.69) is 5.32 Å². The second-order valence-corrected chi connectivity index (χ2v) is 5.31. The third-order valence-corrected chi connectivity index (χ3v) is 3.71. The van der Waals surface area contributed by atoms with E-state index in [1.807, 2.05) is 32.0 Å². The maximum atomic E-state index is 13.3. The van der Waals surface area contributed by atoms with Crippen molar-refractivity contribution in [3.63, 3.8) is 0 Å². The van der Waals surface area contributed by atoms with Gasteiger partial charge < -0.3 is 5.32 Å². The van der Waals surface area contributed by atoms with Gasteiger partial charge in [-0.3, -0.25) is 0 Å². The summed E-state index contributed by atoms with van der Waals surface area (Å²) in [5, 5.41) is 4.27. The molecule has 0 aliphatic heterocycles. The summed E-state index contributed by atoms with van der Waals surface area (Å²) in [6, 6.07) is 10.3. The number of rotatable bonds is 3. The van der Waals surface area contributed by atoms with Crippen LogP contribution in [0.5, 0.6) is 0 Å². The molecule has 19 heavy (non-hydrogen) atoms. The van der Waals surface area contributed by atoms with Gasteiger partial charge in [-0.15, -0.1) is 0 Å². The number of halogens is 3. The van der Waals surface area contributed by atoms with Crippen LogP contribution in [0.4, 0.5) is 10.1 Å². The van der Waals surface area contributed by atoms with Crippen molar-refractivity contribution in [3.05, 3.63) is 63.4 Å². The highest BCUT2D eigenvalue weighted by Crippen LogP contribution is 2.31. The molecule has 1 atom stereocenters. The molecule has 0 aliphatic rings. The van der Waals surface area contributed by atoms with Crippen LogP contribution in [0.25, 0.3) is 0 Å². The minimum absolute atomic E-state index is 0.0626. The van der Waals surface area contributed by atoms with Gasteiger partial charge in [-0.05, 0) is 49.2 Å². The Morgan fingerprint density at radius 3 is 2.58 bits per heavy atom. The van der Waals surface area contributed by atoms with Crippen LogP contribution in [0, 0.1) is 12.7 Å². The quantitative estimate of drug-likeness (QED) is 0.776. The molecule has 0 saturated heterocycles. The maximum Gasteiger partial charge on any atom is 0.125 e. The first-order valence-electron chi connectivity index (χ1n) is 5.95. The van der Waals surface area contributed by atoms with Gasteiger partial charge in [0, 0.05) is 5.69 Å². The van der Waals surface area contributed by atoms with Crippen LogP contribution < -0.4 is 5.32 Å². The predicted molar refractivity (Wildman–Crippen MR) is 79.6 cm³/mol. The second kappa shape index (κ2) is 5.81. The highest BCUT2D eigenvalue weighted by Gasteiger charge is 2.12. The van der Waals surface area contributed by atoms with Gasteiger partial charge in [0.15, 0.2) is 0 Å². The van der Waals surface area contributed by atoms with Crippen LogP contribution in [-0.2, 0) is 0 Å². The molecule has 0 heterocycles. The molecule has 2 aromatic carbocycles. The standard InChI is InChI=1S/C15H14Cl2FN/c1-9-6-11(18)8-12(7-9)19-10(2)13-4-3-5-14(16)15(13)17/h3-8,10,19H,1-2H3. The highest BCUT2D eigenvalue weighted by atomic mass is 35.5. The SMILES string of the molecule is Cc1cc(F)cc(NC(C)c2cccc(Cl)c2Cl)c1. The summed E-state index contributed by atoms with van der Waals surface area (Å²) in [7, 11) is 0. The maximum absolute atomic E-state index is 13.3. The molecule has 0 fully saturated rings. The first-order chi connectivity index (χ1) is 8.97. The average Bonchev–Trinajstić information content (AvgIpc) is 2.31. The Morgan fingerprint density at radius 2 is 1.89 bits per heavy atom. The number of aryl methyl sites for hydroxylation is 1. The Bertz CT molecular complexity index is 578. The largest absolute Gasteiger partial charge is 0.378 e. The summed E-state index contributed by atoms with van der Waals surface area (Å²) in [6.07, 6.45) is 0. The van der Waals surface area contributed by atoms with Crippen molar-refractivity contribution in [2.45, 2.75) is 19.9 Å². The molecule has 0 bridgehead atoms. The van der Waals surface area contributed by atoms with Crippen molar-refractivity contribution in [2.75, 3.05) is 5.32 Å². The lowest BCUT2D eigenvalue weighted by Crippen LogP contribution is -2.07. The van der Waals surface area contributed by atoms with Crippen molar-refractivity contribution >= 4 is 28.9 Å². The predicted octanol–water partition coefficient (Wildman–Crippen LogP) is 5.61. The van der Waals surface area contributed by atoms with E-state index in [0.29, 0.717) is 10.0 Å². The molecule has 1 unspecified atom stereocenters. The van der Waals surface area contributed by atoms with Crippen molar-refractivity contribution in [2.24, 2.45) is 0 Å². The fourth-order valence-corrected chi connectivity index (χ4v) is 2.47. The third kappa shape index (κ3) is 3.40. The van der Waals surface area contributed by atoms with Gasteiger partial charge in [-0.25, -0.2) is 4.39 Å². The zero-order valence-electron chi connectivity index (χ0n) is 10.7. The average molecular weight is 298 g/mol. The molecule has 0 amide bonds. The van der Waals surface area contributed by atoms with Gasteiger partial charge in [0.2, 0.25) is 0 Å². The molecule has 0 saturated carbocycles. The van der Waals surface area contributed by atoms with Crippen molar-refractivity contribution < 1.29 is 4.39 Å². The molecule has 2 rings (SSSR count). The van der Waals surface area contributed by atoms with E-state index in [1.165, 1.54) is 12.1 Å². The van der Waals surface area contributed by atoms with Crippen LogP contribution in [0.15, 0.2) is 36.4 Å². The molecule has 0 spiro atoms. The number of anilines is 1. The number of hydrogen-bond acceptors (Lipinski definition) is 1. The van der Waals surface area contributed by atoms with E-state index in [0.717, 1.165) is 16.8 Å². The normalized spacial score (nSPS) is 12.3. The molecule has 1 nitrogen and oxygen atoms in total. The van der Waals surface area contributed by atoms with E-state index in [4.69, 9.17) is 23.2 Å². The van der Waals surface area contributed by atoms with Crippen molar-refractivity contribution in [1.82, 2.24) is 0 Å². The molecule has 0 aliphatic carbocycles. The highest BCUT2D eigenvalue weighted by molar-refractivity contribution is 6.42. The fourth-order valence-electron chi connectivity index (χ4n) is 2.00. The minimum Gasteiger partial charge on any atom is -0.378 e. The number of nitrogens with one attached hydrogen (secondary N) is 1. The zero-order chi connectivity index (χ0) is 14.0. The van der Waals surface area contributed by atoms with Crippen LogP contribution in [0.1, 0.15) is 24.1 Å². The Kier molecular flexibility index (Phi) is 4.33. The topological polar surface area (TPSA) is 12.0 Å². The van der Waals surface area contributed by atoms with Gasteiger partial charge in [0.25, 0.3) is 0 Å². The van der Waals surface area contributed by atoms with Crippen LogP contribution >= 0.6 is 23.2 Å². The van der Waals surface area contributed by atoms with Crippen molar-refractivity contribution in [3.8, 4) is 0 Å². The minimum atomic E-state index is -0.258. The Morgan fingerprint density at radius 1 is 1.16 bits per heavy atom. The van der Waals surface area contributed by atoms with E-state index in [-0.39, 0.29) is 11.9 Å². The van der Waals surface area contributed by atoms with Crippen molar-refractivity contribution in [1.29, 1.82) is 0 Å². The zero-order valence-corrected chi connectivity index (χ0v) is 12.2. The summed E-state index contributed by atoms with van der Waals surface area (Å²) in [5.74, 6) is -0.258. The van der Waals surface area contributed by atoms with Gasteiger partial charge in [-0.1, -0.05) is 35.3 Å². The lowest BCUT2D eigenvalue weighted by atomic mass is 10.1. The van der Waals surface area contributed by atoms with Crippen LogP contribution in [-0.4, -0.2) is 0 Å². The molecule has 0 aromatic heterocycles. The molecule has 4 heteroatoms. The first-order valence-corrected chi connectivity index (χ1v) is 6.70. The van der Waals surface area contributed by atoms with E-state index in [1.54, 1.807) is 6.07 Å². The lowest BCUT2D eigenvalue weighted by Gasteiger charge is -2.18. The van der Waals surface area contributed by atoms with Gasteiger partial charge >= 0.3 is 0 Å². The van der Waals surface area contributed by atoms with E-state index >= 15 is 0 Å².